The smallest absolute Gasteiger partial charge is 0.410 e. The number of aromatic nitrogens is 3. The molecule has 3 heterocycles. The number of carbonyl (C=O) groups excluding carboxylic acids is 1. The fourth-order valence-electron chi connectivity index (χ4n) is 6.25. The van der Waals surface area contributed by atoms with E-state index in [4.69, 9.17) is 14.5 Å². The predicted octanol–water partition coefficient (Wildman–Crippen LogP) is 7.65. The number of hydrogen-bond acceptors (Lipinski definition) is 9. The number of sulfonamides is 1. The predicted molar refractivity (Wildman–Crippen MR) is 196 cm³/mol. The minimum absolute atomic E-state index is 0.0152. The van der Waals surface area contributed by atoms with Gasteiger partial charge in [-0.3, -0.25) is 4.72 Å². The van der Waals surface area contributed by atoms with Crippen molar-refractivity contribution in [1.29, 1.82) is 0 Å². The number of aryl methyl sites for hydroxylation is 1. The van der Waals surface area contributed by atoms with Gasteiger partial charge < -0.3 is 19.7 Å². The molecule has 0 bridgehead atoms. The first-order valence-electron chi connectivity index (χ1n) is 16.8. The number of ether oxygens (including phenoxy) is 2. The van der Waals surface area contributed by atoms with Gasteiger partial charge in [-0.2, -0.15) is 0 Å². The summed E-state index contributed by atoms with van der Waals surface area (Å²) in [6.07, 6.45) is 3.83. The largest absolute Gasteiger partial charge is 0.445 e. The monoisotopic (exact) mass is 694 g/mol. The maximum Gasteiger partial charge on any atom is 0.410 e. The second-order valence-electron chi connectivity index (χ2n) is 13.2. The van der Waals surface area contributed by atoms with Crippen LogP contribution in [0.25, 0.3) is 22.0 Å². The van der Waals surface area contributed by atoms with Crippen LogP contribution < -0.4 is 14.8 Å². The first-order valence-corrected chi connectivity index (χ1v) is 18.4. The lowest BCUT2D eigenvalue weighted by Crippen LogP contribution is -2.48. The van der Waals surface area contributed by atoms with Crippen LogP contribution in [0.1, 0.15) is 38.3 Å². The molecule has 1 amide bonds. The number of anilines is 2. The second-order valence-corrected chi connectivity index (χ2v) is 15.0. The molecule has 0 spiro atoms. The van der Waals surface area contributed by atoms with Crippen LogP contribution in [0.15, 0.2) is 91.3 Å². The first-order chi connectivity index (χ1) is 24.0. The summed E-state index contributed by atoms with van der Waals surface area (Å²) in [5.41, 5.74) is 3.55. The highest BCUT2D eigenvalue weighted by molar-refractivity contribution is 7.92. The van der Waals surface area contributed by atoms with Crippen molar-refractivity contribution in [2.24, 2.45) is 11.8 Å². The quantitative estimate of drug-likeness (QED) is 0.143. The highest BCUT2D eigenvalue weighted by Gasteiger charge is 2.29. The van der Waals surface area contributed by atoms with E-state index >= 15 is 0 Å². The van der Waals surface area contributed by atoms with E-state index < -0.39 is 10.0 Å². The Morgan fingerprint density at radius 2 is 1.76 bits per heavy atom. The third kappa shape index (κ3) is 8.49. The third-order valence-electron chi connectivity index (χ3n) is 8.38. The van der Waals surface area contributed by atoms with Crippen molar-refractivity contribution in [1.82, 2.24) is 19.9 Å². The molecule has 6 rings (SSSR count). The van der Waals surface area contributed by atoms with Crippen molar-refractivity contribution in [2.75, 3.05) is 28.9 Å². The Hall–Kier alpha value is -5.23. The van der Waals surface area contributed by atoms with Crippen molar-refractivity contribution < 1.29 is 22.7 Å². The number of hydrogen-bond donors (Lipinski definition) is 2. The van der Waals surface area contributed by atoms with Gasteiger partial charge in [-0.05, 0) is 60.6 Å². The van der Waals surface area contributed by atoms with Gasteiger partial charge in [0.2, 0.25) is 21.9 Å². The summed E-state index contributed by atoms with van der Waals surface area (Å²) < 4.78 is 40.5. The van der Waals surface area contributed by atoms with Crippen LogP contribution in [0.2, 0.25) is 0 Å². The molecule has 50 heavy (non-hydrogen) atoms. The summed E-state index contributed by atoms with van der Waals surface area (Å²) >= 11 is 0. The average Bonchev–Trinajstić information content (AvgIpc) is 3.08. The molecule has 2 N–H and O–H groups in total. The van der Waals surface area contributed by atoms with E-state index in [1.807, 2.05) is 81.4 Å². The molecule has 12 heteroatoms. The van der Waals surface area contributed by atoms with E-state index in [2.05, 4.69) is 26.9 Å². The number of amides is 1. The molecular formula is C38H42N6O5S. The van der Waals surface area contributed by atoms with Crippen molar-refractivity contribution in [3.8, 4) is 22.9 Å². The van der Waals surface area contributed by atoms with Gasteiger partial charge in [-0.1, -0.05) is 75.4 Å². The van der Waals surface area contributed by atoms with Crippen LogP contribution in [-0.4, -0.2) is 59.2 Å². The number of fused-ring (bicyclic) bond motifs is 1. The van der Waals surface area contributed by atoms with Gasteiger partial charge in [0, 0.05) is 42.3 Å². The van der Waals surface area contributed by atoms with Gasteiger partial charge in [-0.15, -0.1) is 0 Å². The zero-order chi connectivity index (χ0) is 35.3. The lowest BCUT2D eigenvalue weighted by Gasteiger charge is -2.36. The van der Waals surface area contributed by atoms with Crippen molar-refractivity contribution >= 4 is 38.5 Å². The fraction of sp³-hybridized carbons (Fsp3) is 0.316. The van der Waals surface area contributed by atoms with Crippen molar-refractivity contribution in [3.63, 3.8) is 0 Å². The highest BCUT2D eigenvalue weighted by Crippen LogP contribution is 2.39. The van der Waals surface area contributed by atoms with Crippen LogP contribution in [0.3, 0.4) is 0 Å². The minimum atomic E-state index is -3.54. The topological polar surface area (TPSA) is 136 Å². The summed E-state index contributed by atoms with van der Waals surface area (Å²) in [7, 11) is -3.54. The molecule has 1 aliphatic rings. The number of pyridine rings is 1. The van der Waals surface area contributed by atoms with Crippen LogP contribution in [0, 0.1) is 18.8 Å². The molecule has 260 valence electrons. The zero-order valence-electron chi connectivity index (χ0n) is 28.7. The summed E-state index contributed by atoms with van der Waals surface area (Å²) in [5.74, 6) is 1.59. The van der Waals surface area contributed by atoms with Crippen LogP contribution in [0.4, 0.5) is 16.4 Å². The molecule has 1 fully saturated rings. The van der Waals surface area contributed by atoms with E-state index in [0.717, 1.165) is 22.9 Å². The third-order valence-corrected chi connectivity index (χ3v) is 10.0. The number of rotatable bonds is 11. The summed E-state index contributed by atoms with van der Waals surface area (Å²) in [6.45, 7) is 9.09. The molecule has 1 aliphatic heterocycles. The molecule has 0 unspecified atom stereocenters. The number of benzene rings is 3. The lowest BCUT2D eigenvalue weighted by molar-refractivity contribution is 0.0783. The molecule has 2 atom stereocenters. The Balaban J connectivity index is 1.21. The number of nitrogens with one attached hydrogen (secondary N) is 2. The van der Waals surface area contributed by atoms with Crippen LogP contribution in [0.5, 0.6) is 11.6 Å². The molecule has 1 saturated heterocycles. The Morgan fingerprint density at radius 1 is 0.940 bits per heavy atom. The Morgan fingerprint density at radius 3 is 2.56 bits per heavy atom. The van der Waals surface area contributed by atoms with Crippen molar-refractivity contribution in [3.05, 3.63) is 102 Å². The van der Waals surface area contributed by atoms with Crippen LogP contribution >= 0.6 is 0 Å². The van der Waals surface area contributed by atoms with E-state index in [0.29, 0.717) is 53.0 Å². The number of nitrogens with zero attached hydrogens (tertiary/aromatic N) is 4. The van der Waals surface area contributed by atoms with Gasteiger partial charge in [0.15, 0.2) is 0 Å². The van der Waals surface area contributed by atoms with E-state index in [1.165, 1.54) is 0 Å². The van der Waals surface area contributed by atoms with Crippen molar-refractivity contribution in [2.45, 2.75) is 46.8 Å². The minimum Gasteiger partial charge on any atom is -0.445 e. The molecule has 3 aromatic carbocycles. The molecule has 5 aromatic rings. The highest BCUT2D eigenvalue weighted by atomic mass is 32.2. The fourth-order valence-corrected chi connectivity index (χ4v) is 7.73. The summed E-state index contributed by atoms with van der Waals surface area (Å²) in [5, 5.41) is 4.89. The SMILES string of the molecule is Cc1ccc2c(NS(=O)(=O)CC(C)C)cccc2c1Oc1ncccc1-c1ccnc(N[C@H]2C[C@@H](C)CN(C(=O)OCc3ccccc3)C2)n1. The lowest BCUT2D eigenvalue weighted by atomic mass is 9.96. The Kier molecular flexibility index (Phi) is 10.5. The number of likely N-dealkylation sites (tertiary alicyclic amines) is 1. The van der Waals surface area contributed by atoms with Gasteiger partial charge in [0.1, 0.15) is 12.4 Å². The van der Waals surface area contributed by atoms with E-state index in [9.17, 15) is 13.2 Å². The summed E-state index contributed by atoms with van der Waals surface area (Å²) in [4.78, 5) is 28.6. The second kappa shape index (κ2) is 15.1. The molecule has 0 saturated carbocycles. The zero-order valence-corrected chi connectivity index (χ0v) is 29.5. The molecule has 11 nitrogen and oxygen atoms in total. The van der Waals surface area contributed by atoms with E-state index in [-0.39, 0.29) is 36.3 Å². The Labute approximate surface area is 293 Å². The number of piperidine rings is 1. The van der Waals surface area contributed by atoms with Crippen LogP contribution in [-0.2, 0) is 21.4 Å². The normalized spacial score (nSPS) is 16.3. The van der Waals surface area contributed by atoms with Gasteiger partial charge in [0.25, 0.3) is 0 Å². The van der Waals surface area contributed by atoms with Gasteiger partial charge in [0.05, 0.1) is 22.7 Å². The maximum atomic E-state index is 13.0. The molecule has 2 aromatic heterocycles. The maximum absolute atomic E-state index is 13.0. The standard InChI is InChI=1S/C38H42N6O5S/c1-25(2)24-50(46,47)43-34-14-8-12-31-30(34)16-15-27(4)35(31)49-36-32(13-9-18-39-36)33-17-19-40-37(42-33)41-29-20-26(3)21-44(22-29)38(45)48-23-28-10-6-5-7-11-28/h5-19,25-26,29,43H,20-24H2,1-4H3,(H,40,41,42)/t26-,29+/m1/s1. The Bertz CT molecular complexity index is 2080. The van der Waals surface area contributed by atoms with Gasteiger partial charge in [-0.25, -0.2) is 28.2 Å². The number of carbonyl (C=O) groups is 1. The molecule has 0 aliphatic carbocycles. The average molecular weight is 695 g/mol. The molecular weight excluding hydrogens is 653 g/mol. The van der Waals surface area contributed by atoms with Gasteiger partial charge >= 0.3 is 6.09 Å². The van der Waals surface area contributed by atoms with E-state index in [1.54, 1.807) is 35.5 Å². The molecule has 0 radical (unpaired) electrons. The summed E-state index contributed by atoms with van der Waals surface area (Å²) in [6, 6.07) is 24.3. The first kappa shape index (κ1) is 34.6.